The van der Waals surface area contributed by atoms with Crippen molar-refractivity contribution in [3.05, 3.63) is 0 Å². The summed E-state index contributed by atoms with van der Waals surface area (Å²) < 4.78 is 0. The standard InChI is InChI=1S/C13H22N4O5/c18-11(19)9-14-1-2-15(10-12(20)21)4-6-17-8-7-16(5-3-14)13(17)22/h1-10H2,(H,18,19)(H,20,21). The predicted molar refractivity (Wildman–Crippen MR) is 76.7 cm³/mol. The largest absolute Gasteiger partial charge is 0.480 e. The van der Waals surface area contributed by atoms with E-state index in [0.29, 0.717) is 52.4 Å². The monoisotopic (exact) mass is 314 g/mol. The summed E-state index contributed by atoms with van der Waals surface area (Å²) in [6.45, 7) is 3.97. The van der Waals surface area contributed by atoms with E-state index in [-0.39, 0.29) is 19.1 Å². The number of rotatable bonds is 4. The summed E-state index contributed by atoms with van der Waals surface area (Å²) in [4.78, 5) is 41.0. The van der Waals surface area contributed by atoms with Gasteiger partial charge in [0.1, 0.15) is 0 Å². The predicted octanol–water partition coefficient (Wildman–Crippen LogP) is -1.49. The third kappa shape index (κ3) is 4.57. The van der Waals surface area contributed by atoms with E-state index in [1.54, 1.807) is 19.6 Å². The molecule has 2 bridgehead atoms. The molecule has 2 fully saturated rings. The summed E-state index contributed by atoms with van der Waals surface area (Å²) in [6, 6.07) is -0.0487. The van der Waals surface area contributed by atoms with Crippen LogP contribution < -0.4 is 0 Å². The first-order chi connectivity index (χ1) is 10.5. The minimum atomic E-state index is -0.922. The van der Waals surface area contributed by atoms with Crippen LogP contribution in [0.4, 0.5) is 4.79 Å². The summed E-state index contributed by atoms with van der Waals surface area (Å²) in [5.74, 6) is -1.84. The maximum Gasteiger partial charge on any atom is 0.320 e. The van der Waals surface area contributed by atoms with Gasteiger partial charge in [0, 0.05) is 52.4 Å². The molecule has 0 unspecified atom stereocenters. The maximum absolute atomic E-state index is 12.2. The number of amides is 2. The molecule has 0 radical (unpaired) electrons. The molecule has 0 aromatic heterocycles. The van der Waals surface area contributed by atoms with Gasteiger partial charge in [-0.25, -0.2) is 4.79 Å². The fourth-order valence-electron chi connectivity index (χ4n) is 2.78. The van der Waals surface area contributed by atoms with Crippen LogP contribution in [0.25, 0.3) is 0 Å². The van der Waals surface area contributed by atoms with Gasteiger partial charge in [0.25, 0.3) is 0 Å². The van der Waals surface area contributed by atoms with Gasteiger partial charge in [-0.15, -0.1) is 0 Å². The zero-order valence-corrected chi connectivity index (χ0v) is 12.5. The molecule has 2 saturated heterocycles. The third-order valence-corrected chi connectivity index (χ3v) is 4.00. The number of carbonyl (C=O) groups is 3. The highest BCUT2D eigenvalue weighted by Crippen LogP contribution is 2.10. The molecule has 0 aliphatic carbocycles. The molecular weight excluding hydrogens is 292 g/mol. The van der Waals surface area contributed by atoms with Gasteiger partial charge in [0.2, 0.25) is 0 Å². The fraction of sp³-hybridized carbons (Fsp3) is 0.769. The Balaban J connectivity index is 2.05. The zero-order chi connectivity index (χ0) is 16.1. The number of urea groups is 1. The topological polar surface area (TPSA) is 105 Å². The summed E-state index contributed by atoms with van der Waals surface area (Å²) in [5.41, 5.74) is 0. The van der Waals surface area contributed by atoms with E-state index in [4.69, 9.17) is 10.2 Å². The van der Waals surface area contributed by atoms with Crippen molar-refractivity contribution in [3.8, 4) is 0 Å². The van der Waals surface area contributed by atoms with E-state index in [1.807, 2.05) is 0 Å². The van der Waals surface area contributed by atoms with Crippen LogP contribution in [0, 0.1) is 0 Å². The van der Waals surface area contributed by atoms with Gasteiger partial charge in [-0.2, -0.15) is 0 Å². The van der Waals surface area contributed by atoms with Crippen molar-refractivity contribution in [3.63, 3.8) is 0 Å². The van der Waals surface area contributed by atoms with Crippen molar-refractivity contribution in [1.82, 2.24) is 19.6 Å². The molecule has 9 nitrogen and oxygen atoms in total. The Labute approximate surface area is 128 Å². The molecule has 0 saturated carbocycles. The lowest BCUT2D eigenvalue weighted by molar-refractivity contribution is -0.140. The van der Waals surface area contributed by atoms with E-state index >= 15 is 0 Å². The molecule has 2 N–H and O–H groups in total. The summed E-state index contributed by atoms with van der Waals surface area (Å²) >= 11 is 0. The second-order valence-electron chi connectivity index (χ2n) is 5.60. The molecule has 2 rings (SSSR count). The maximum atomic E-state index is 12.2. The average molecular weight is 314 g/mol. The Morgan fingerprint density at radius 2 is 1.05 bits per heavy atom. The number of aliphatic carboxylic acids is 2. The van der Waals surface area contributed by atoms with Gasteiger partial charge >= 0.3 is 18.0 Å². The van der Waals surface area contributed by atoms with Gasteiger partial charge < -0.3 is 20.0 Å². The molecule has 0 aromatic carbocycles. The molecule has 124 valence electrons. The first-order valence-electron chi connectivity index (χ1n) is 7.38. The molecule has 9 heteroatoms. The van der Waals surface area contributed by atoms with E-state index in [9.17, 15) is 14.4 Å². The van der Waals surface area contributed by atoms with Crippen LogP contribution in [-0.4, -0.2) is 113 Å². The van der Waals surface area contributed by atoms with Crippen LogP contribution in [-0.2, 0) is 9.59 Å². The molecule has 0 aromatic rings. The van der Waals surface area contributed by atoms with E-state index in [2.05, 4.69) is 0 Å². The highest BCUT2D eigenvalue weighted by molar-refractivity contribution is 5.76. The number of carboxylic acid groups (broad SMARTS) is 2. The Hall–Kier alpha value is -1.87. The number of carboxylic acids is 2. The highest BCUT2D eigenvalue weighted by Gasteiger charge is 2.29. The van der Waals surface area contributed by atoms with Crippen LogP contribution in [0.3, 0.4) is 0 Å². The SMILES string of the molecule is O=C(O)CN1CCN(CC(=O)O)CCN2CCN(CC1)C2=O. The van der Waals surface area contributed by atoms with Crippen molar-refractivity contribution in [2.75, 3.05) is 65.4 Å². The van der Waals surface area contributed by atoms with Crippen molar-refractivity contribution >= 4 is 18.0 Å². The molecule has 2 aliphatic rings. The lowest BCUT2D eigenvalue weighted by Crippen LogP contribution is -2.43. The Bertz CT molecular complexity index is 406. The minimum absolute atomic E-state index is 0.0487. The number of fused-ring (bicyclic) bond motifs is 2. The number of nitrogens with zero attached hydrogens (tertiary/aromatic N) is 4. The quantitative estimate of drug-likeness (QED) is 0.651. The smallest absolute Gasteiger partial charge is 0.320 e. The third-order valence-electron chi connectivity index (χ3n) is 4.00. The fourth-order valence-corrected chi connectivity index (χ4v) is 2.78. The second-order valence-corrected chi connectivity index (χ2v) is 5.60. The lowest BCUT2D eigenvalue weighted by Gasteiger charge is -2.26. The zero-order valence-electron chi connectivity index (χ0n) is 12.5. The van der Waals surface area contributed by atoms with Crippen molar-refractivity contribution in [2.45, 2.75) is 0 Å². The van der Waals surface area contributed by atoms with Crippen LogP contribution in [0.2, 0.25) is 0 Å². The van der Waals surface area contributed by atoms with E-state index in [1.165, 1.54) is 0 Å². The molecular formula is C13H22N4O5. The van der Waals surface area contributed by atoms with Crippen LogP contribution >= 0.6 is 0 Å². The van der Waals surface area contributed by atoms with Crippen LogP contribution in [0.1, 0.15) is 0 Å². The van der Waals surface area contributed by atoms with Crippen LogP contribution in [0.15, 0.2) is 0 Å². The van der Waals surface area contributed by atoms with Crippen molar-refractivity contribution in [1.29, 1.82) is 0 Å². The van der Waals surface area contributed by atoms with Crippen molar-refractivity contribution in [2.24, 2.45) is 0 Å². The Morgan fingerprint density at radius 3 is 1.41 bits per heavy atom. The normalized spacial score (nSPS) is 21.7. The van der Waals surface area contributed by atoms with E-state index < -0.39 is 11.9 Å². The first-order valence-corrected chi connectivity index (χ1v) is 7.38. The number of hydrogen-bond donors (Lipinski definition) is 2. The molecule has 22 heavy (non-hydrogen) atoms. The summed E-state index contributed by atoms with van der Waals surface area (Å²) in [7, 11) is 0. The van der Waals surface area contributed by atoms with E-state index in [0.717, 1.165) is 0 Å². The number of carbonyl (C=O) groups excluding carboxylic acids is 1. The summed E-state index contributed by atoms with van der Waals surface area (Å²) in [5, 5.41) is 17.9. The molecule has 2 amide bonds. The molecule has 0 atom stereocenters. The van der Waals surface area contributed by atoms with Crippen molar-refractivity contribution < 1.29 is 24.6 Å². The molecule has 0 spiro atoms. The Morgan fingerprint density at radius 1 is 0.727 bits per heavy atom. The molecule has 2 aliphatic heterocycles. The number of hydrogen-bond acceptors (Lipinski definition) is 5. The highest BCUT2D eigenvalue weighted by atomic mass is 16.4. The summed E-state index contributed by atoms with van der Waals surface area (Å²) in [6.07, 6.45) is 0. The first kappa shape index (κ1) is 16.5. The van der Waals surface area contributed by atoms with Gasteiger partial charge in [-0.3, -0.25) is 19.4 Å². The van der Waals surface area contributed by atoms with Crippen LogP contribution in [0.5, 0.6) is 0 Å². The van der Waals surface area contributed by atoms with Gasteiger partial charge in [0.15, 0.2) is 0 Å². The minimum Gasteiger partial charge on any atom is -0.480 e. The second kappa shape index (κ2) is 7.41. The van der Waals surface area contributed by atoms with Gasteiger partial charge in [-0.1, -0.05) is 0 Å². The lowest BCUT2D eigenvalue weighted by atomic mass is 10.3. The van der Waals surface area contributed by atoms with Gasteiger partial charge in [0.05, 0.1) is 13.1 Å². The average Bonchev–Trinajstić information content (AvgIpc) is 2.76. The Kier molecular flexibility index (Phi) is 5.56. The van der Waals surface area contributed by atoms with Gasteiger partial charge in [-0.05, 0) is 0 Å². The molecule has 2 heterocycles.